The lowest BCUT2D eigenvalue weighted by Crippen LogP contribution is -2.43. The van der Waals surface area contributed by atoms with Gasteiger partial charge in [-0.2, -0.15) is 0 Å². The summed E-state index contributed by atoms with van der Waals surface area (Å²) in [6.07, 6.45) is -0.112. The maximum Gasteiger partial charge on any atom is 0.303 e. The highest BCUT2D eigenvalue weighted by Gasteiger charge is 2.25. The lowest BCUT2D eigenvalue weighted by molar-refractivity contribution is -0.139. The van der Waals surface area contributed by atoms with Gasteiger partial charge in [-0.1, -0.05) is 32.0 Å². The van der Waals surface area contributed by atoms with Gasteiger partial charge in [-0.15, -0.1) is 0 Å². The summed E-state index contributed by atoms with van der Waals surface area (Å²) in [6.45, 7) is 5.17. The van der Waals surface area contributed by atoms with Crippen molar-refractivity contribution < 1.29 is 19.5 Å². The smallest absolute Gasteiger partial charge is 0.303 e. The third-order valence-electron chi connectivity index (χ3n) is 2.97. The molecule has 6 nitrogen and oxygen atoms in total. The van der Waals surface area contributed by atoms with Crippen molar-refractivity contribution in [1.82, 2.24) is 10.9 Å². The van der Waals surface area contributed by atoms with Crippen LogP contribution in [0.15, 0.2) is 24.3 Å². The van der Waals surface area contributed by atoms with Crippen molar-refractivity contribution in [3.63, 3.8) is 0 Å². The molecule has 1 aromatic carbocycles. The second-order valence-electron chi connectivity index (χ2n) is 5.73. The molecular weight excluding hydrogens is 272 g/mol. The van der Waals surface area contributed by atoms with Crippen LogP contribution in [0.4, 0.5) is 0 Å². The number of carboxylic acid groups (broad SMARTS) is 1. The van der Waals surface area contributed by atoms with E-state index < -0.39 is 23.2 Å². The van der Waals surface area contributed by atoms with Crippen LogP contribution in [0.25, 0.3) is 0 Å². The van der Waals surface area contributed by atoms with Crippen LogP contribution in [-0.2, 0) is 9.59 Å². The average molecular weight is 292 g/mol. The van der Waals surface area contributed by atoms with E-state index in [-0.39, 0.29) is 12.8 Å². The summed E-state index contributed by atoms with van der Waals surface area (Å²) in [5.41, 5.74) is 5.23. The summed E-state index contributed by atoms with van der Waals surface area (Å²) in [5, 5.41) is 8.76. The minimum Gasteiger partial charge on any atom is -0.481 e. The molecule has 0 spiro atoms. The van der Waals surface area contributed by atoms with Gasteiger partial charge in [-0.25, -0.2) is 0 Å². The minimum absolute atomic E-state index is 0.00729. The van der Waals surface area contributed by atoms with Gasteiger partial charge in [0.1, 0.15) is 0 Å². The monoisotopic (exact) mass is 292 g/mol. The number of carboxylic acids is 1. The minimum atomic E-state index is -0.961. The molecule has 114 valence electrons. The number of nitrogens with one attached hydrogen (secondary N) is 2. The summed E-state index contributed by atoms with van der Waals surface area (Å²) >= 11 is 0. The average Bonchev–Trinajstić information content (AvgIpc) is 2.34. The molecule has 0 radical (unpaired) electrons. The Hall–Kier alpha value is -2.37. The van der Waals surface area contributed by atoms with Crippen molar-refractivity contribution in [1.29, 1.82) is 0 Å². The van der Waals surface area contributed by atoms with Gasteiger partial charge in [0.25, 0.3) is 5.91 Å². The standard InChI is InChI=1S/C15H20N2O4/c1-10-6-4-5-7-11(10)14(21)17-16-12(18)8-15(2,3)9-13(19)20/h4-7H,8-9H2,1-3H3,(H,16,18)(H,17,21)(H,19,20). The normalized spacial score (nSPS) is 10.8. The van der Waals surface area contributed by atoms with Gasteiger partial charge >= 0.3 is 5.97 Å². The van der Waals surface area contributed by atoms with Crippen LogP contribution < -0.4 is 10.9 Å². The highest BCUT2D eigenvalue weighted by Crippen LogP contribution is 2.24. The van der Waals surface area contributed by atoms with Gasteiger partial charge in [0.05, 0.1) is 6.42 Å². The molecule has 0 aliphatic heterocycles. The second-order valence-corrected chi connectivity index (χ2v) is 5.73. The van der Waals surface area contributed by atoms with Crippen LogP contribution in [0, 0.1) is 12.3 Å². The first-order chi connectivity index (χ1) is 9.71. The fraction of sp³-hybridized carbons (Fsp3) is 0.400. The number of hydrogen-bond acceptors (Lipinski definition) is 3. The maximum atomic E-state index is 11.9. The summed E-state index contributed by atoms with van der Waals surface area (Å²) < 4.78 is 0. The Morgan fingerprint density at radius 3 is 2.29 bits per heavy atom. The molecule has 0 atom stereocenters. The van der Waals surface area contributed by atoms with E-state index in [2.05, 4.69) is 10.9 Å². The Balaban J connectivity index is 2.52. The largest absolute Gasteiger partial charge is 0.481 e. The van der Waals surface area contributed by atoms with Gasteiger partial charge in [-0.3, -0.25) is 25.2 Å². The number of benzene rings is 1. The lowest BCUT2D eigenvalue weighted by atomic mass is 9.85. The molecule has 0 fully saturated rings. The summed E-state index contributed by atoms with van der Waals surface area (Å²) in [6, 6.07) is 7.01. The molecule has 0 aromatic heterocycles. The van der Waals surface area contributed by atoms with Crippen molar-refractivity contribution in [3.8, 4) is 0 Å². The van der Waals surface area contributed by atoms with Gasteiger partial charge in [0, 0.05) is 12.0 Å². The number of aliphatic carboxylic acids is 1. The molecule has 6 heteroatoms. The molecule has 0 saturated heterocycles. The van der Waals surface area contributed by atoms with Crippen molar-refractivity contribution in [2.24, 2.45) is 5.41 Å². The molecule has 1 rings (SSSR count). The fourth-order valence-electron chi connectivity index (χ4n) is 1.97. The molecule has 0 aliphatic carbocycles. The molecule has 0 aliphatic rings. The zero-order chi connectivity index (χ0) is 16.0. The molecule has 0 saturated carbocycles. The number of hydrazine groups is 1. The van der Waals surface area contributed by atoms with Gasteiger partial charge in [0.15, 0.2) is 0 Å². The third kappa shape index (κ3) is 5.64. The Bertz CT molecular complexity index is 552. The fourth-order valence-corrected chi connectivity index (χ4v) is 1.97. The van der Waals surface area contributed by atoms with Crippen LogP contribution in [-0.4, -0.2) is 22.9 Å². The Morgan fingerprint density at radius 2 is 1.71 bits per heavy atom. The third-order valence-corrected chi connectivity index (χ3v) is 2.97. The number of hydrogen-bond donors (Lipinski definition) is 3. The van der Waals surface area contributed by atoms with Crippen molar-refractivity contribution in [2.75, 3.05) is 0 Å². The van der Waals surface area contributed by atoms with Gasteiger partial charge < -0.3 is 5.11 Å². The molecule has 1 aromatic rings. The van der Waals surface area contributed by atoms with Crippen molar-refractivity contribution in [3.05, 3.63) is 35.4 Å². The predicted octanol–water partition coefficient (Wildman–Crippen LogP) is 1.65. The first-order valence-electron chi connectivity index (χ1n) is 6.58. The van der Waals surface area contributed by atoms with Crippen LogP contribution in [0.3, 0.4) is 0 Å². The molecule has 2 amide bonds. The number of carbonyl (C=O) groups is 3. The summed E-state index contributed by atoms with van der Waals surface area (Å²) in [7, 11) is 0. The Labute approximate surface area is 123 Å². The van der Waals surface area contributed by atoms with E-state index in [0.29, 0.717) is 5.56 Å². The maximum absolute atomic E-state index is 11.9. The van der Waals surface area contributed by atoms with E-state index in [4.69, 9.17) is 5.11 Å². The number of amides is 2. The van der Waals surface area contributed by atoms with E-state index in [1.807, 2.05) is 6.07 Å². The first kappa shape index (κ1) is 16.7. The van der Waals surface area contributed by atoms with E-state index in [0.717, 1.165) is 5.56 Å². The van der Waals surface area contributed by atoms with Crippen molar-refractivity contribution >= 4 is 17.8 Å². The molecule has 3 N–H and O–H groups in total. The lowest BCUT2D eigenvalue weighted by Gasteiger charge is -2.21. The highest BCUT2D eigenvalue weighted by molar-refractivity contribution is 5.96. The van der Waals surface area contributed by atoms with E-state index in [1.54, 1.807) is 39.0 Å². The molecule has 0 bridgehead atoms. The van der Waals surface area contributed by atoms with Crippen LogP contribution in [0.5, 0.6) is 0 Å². The van der Waals surface area contributed by atoms with E-state index in [1.165, 1.54) is 0 Å². The second kappa shape index (κ2) is 6.88. The zero-order valence-corrected chi connectivity index (χ0v) is 12.4. The number of rotatable bonds is 5. The summed E-state index contributed by atoms with van der Waals surface area (Å²) in [4.78, 5) is 34.3. The molecule has 21 heavy (non-hydrogen) atoms. The SMILES string of the molecule is Cc1ccccc1C(=O)NNC(=O)CC(C)(C)CC(=O)O. The topological polar surface area (TPSA) is 95.5 Å². The predicted molar refractivity (Wildman–Crippen MR) is 77.4 cm³/mol. The van der Waals surface area contributed by atoms with E-state index in [9.17, 15) is 14.4 Å². The van der Waals surface area contributed by atoms with Crippen LogP contribution in [0.1, 0.15) is 42.6 Å². The van der Waals surface area contributed by atoms with Crippen LogP contribution in [0.2, 0.25) is 0 Å². The molecular formula is C15H20N2O4. The summed E-state index contributed by atoms with van der Waals surface area (Å²) in [5.74, 6) is -1.79. The number of carbonyl (C=O) groups excluding carboxylic acids is 2. The van der Waals surface area contributed by atoms with Crippen molar-refractivity contribution in [2.45, 2.75) is 33.6 Å². The highest BCUT2D eigenvalue weighted by atomic mass is 16.4. The molecule has 0 unspecified atom stereocenters. The van der Waals surface area contributed by atoms with E-state index >= 15 is 0 Å². The van der Waals surface area contributed by atoms with Gasteiger partial charge in [-0.05, 0) is 24.0 Å². The van der Waals surface area contributed by atoms with Gasteiger partial charge in [0.2, 0.25) is 5.91 Å². The Kier molecular flexibility index (Phi) is 5.46. The quantitative estimate of drug-likeness (QED) is 0.719. The first-order valence-corrected chi connectivity index (χ1v) is 6.58. The number of aryl methyl sites for hydroxylation is 1. The molecule has 0 heterocycles. The zero-order valence-electron chi connectivity index (χ0n) is 12.4. The van der Waals surface area contributed by atoms with Crippen LogP contribution >= 0.6 is 0 Å². The Morgan fingerprint density at radius 1 is 1.10 bits per heavy atom.